The molecule has 0 atom stereocenters. The molecule has 36 heavy (non-hydrogen) atoms. The minimum Gasteiger partial charge on any atom is -0.386 e. The quantitative estimate of drug-likeness (QED) is 0.257. The van der Waals surface area contributed by atoms with Crippen LogP contribution in [-0.4, -0.2) is 24.6 Å². The molecule has 8 heteroatoms. The van der Waals surface area contributed by atoms with Gasteiger partial charge in [0.2, 0.25) is 0 Å². The van der Waals surface area contributed by atoms with Gasteiger partial charge in [-0.1, -0.05) is 70.2 Å². The van der Waals surface area contributed by atoms with E-state index in [-0.39, 0.29) is 5.75 Å². The smallest absolute Gasteiger partial charge is 0.386 e. The van der Waals surface area contributed by atoms with Gasteiger partial charge in [0.1, 0.15) is 5.75 Å². The lowest BCUT2D eigenvalue weighted by Crippen LogP contribution is -2.29. The highest BCUT2D eigenvalue weighted by atomic mass is 32.2. The molecule has 0 spiro atoms. The minimum absolute atomic E-state index is 0.298. The maximum absolute atomic E-state index is 12.9. The van der Waals surface area contributed by atoms with E-state index in [1.165, 1.54) is 0 Å². The van der Waals surface area contributed by atoms with Crippen LogP contribution in [0, 0.1) is 20.8 Å². The zero-order valence-corrected chi connectivity index (χ0v) is 22.9. The van der Waals surface area contributed by atoms with E-state index < -0.39 is 26.6 Å². The fourth-order valence-electron chi connectivity index (χ4n) is 4.64. The molecule has 2 aromatic rings. The molecule has 4 nitrogen and oxygen atoms in total. The molecule has 0 bridgehead atoms. The highest BCUT2D eigenvalue weighted by Crippen LogP contribution is 2.42. The Morgan fingerprint density at radius 3 is 1.75 bits per heavy atom. The summed E-state index contributed by atoms with van der Waals surface area (Å²) in [5.74, 6) is -0.298. The summed E-state index contributed by atoms with van der Waals surface area (Å²) in [7, 11) is -5.76. The van der Waals surface area contributed by atoms with Crippen molar-refractivity contribution in [2.24, 2.45) is 0 Å². The average Bonchev–Trinajstić information content (AvgIpc) is 2.81. The van der Waals surface area contributed by atoms with Gasteiger partial charge in [-0.05, 0) is 79.8 Å². The first-order valence-corrected chi connectivity index (χ1v) is 13.7. The number of hydrogen-bond acceptors (Lipinski definition) is 4. The second-order valence-corrected chi connectivity index (χ2v) is 11.0. The molecule has 2 aromatic carbocycles. The van der Waals surface area contributed by atoms with Gasteiger partial charge < -0.3 is 9.29 Å². The zero-order chi connectivity index (χ0) is 27.5. The summed E-state index contributed by atoms with van der Waals surface area (Å²) in [6.45, 7) is 13.1. The Morgan fingerprint density at radius 2 is 1.33 bits per heavy atom. The number of aliphatic hydroxyl groups is 1. The summed E-state index contributed by atoms with van der Waals surface area (Å²) >= 11 is 0. The second-order valence-electron chi connectivity index (χ2n) is 9.43. The molecular formula is C28H37F3O4S. The van der Waals surface area contributed by atoms with Crippen LogP contribution in [0.5, 0.6) is 5.75 Å². The Bertz CT molecular complexity index is 1180. The first-order valence-electron chi connectivity index (χ1n) is 12.2. The first kappa shape index (κ1) is 29.9. The van der Waals surface area contributed by atoms with Crippen molar-refractivity contribution in [3.8, 4) is 5.75 Å². The Labute approximate surface area is 213 Å². The van der Waals surface area contributed by atoms with Crippen LogP contribution in [-0.2, 0) is 15.5 Å². The van der Waals surface area contributed by atoms with Gasteiger partial charge in [0.25, 0.3) is 0 Å². The van der Waals surface area contributed by atoms with Gasteiger partial charge >= 0.3 is 15.6 Å². The molecule has 0 fully saturated rings. The molecule has 0 saturated heterocycles. The summed E-state index contributed by atoms with van der Waals surface area (Å²) < 4.78 is 66.3. The van der Waals surface area contributed by atoms with Crippen LogP contribution in [0.2, 0.25) is 0 Å². The third-order valence-electron chi connectivity index (χ3n) is 7.32. The lowest BCUT2D eigenvalue weighted by atomic mass is 9.69. The minimum atomic E-state index is -5.76. The summed E-state index contributed by atoms with van der Waals surface area (Å²) in [5, 5.41) is 10.6. The van der Waals surface area contributed by atoms with Gasteiger partial charge in [-0.2, -0.15) is 21.6 Å². The normalized spacial score (nSPS) is 13.4. The number of alkyl halides is 3. The number of aryl methyl sites for hydroxylation is 3. The van der Waals surface area contributed by atoms with Crippen molar-refractivity contribution < 1.29 is 30.9 Å². The van der Waals surface area contributed by atoms with Crippen molar-refractivity contribution in [3.63, 3.8) is 0 Å². The van der Waals surface area contributed by atoms with E-state index in [9.17, 15) is 26.7 Å². The van der Waals surface area contributed by atoms with Crippen LogP contribution in [0.15, 0.2) is 36.4 Å². The fourth-order valence-corrected chi connectivity index (χ4v) is 5.22. The van der Waals surface area contributed by atoms with Crippen molar-refractivity contribution in [2.75, 3.05) is 0 Å². The van der Waals surface area contributed by atoms with Crippen molar-refractivity contribution in [1.29, 1.82) is 0 Å². The Morgan fingerprint density at radius 1 is 0.833 bits per heavy atom. The Kier molecular flexibility index (Phi) is 9.11. The first-order chi connectivity index (χ1) is 16.6. The summed E-state index contributed by atoms with van der Waals surface area (Å²) in [4.78, 5) is 0. The van der Waals surface area contributed by atoms with Crippen LogP contribution in [0.25, 0.3) is 6.08 Å². The summed E-state index contributed by atoms with van der Waals surface area (Å²) in [6.07, 6.45) is 6.46. The van der Waals surface area contributed by atoms with E-state index >= 15 is 0 Å². The van der Waals surface area contributed by atoms with E-state index in [4.69, 9.17) is 0 Å². The van der Waals surface area contributed by atoms with Crippen molar-refractivity contribution in [3.05, 3.63) is 69.8 Å². The zero-order valence-electron chi connectivity index (χ0n) is 22.1. The van der Waals surface area contributed by atoms with Gasteiger partial charge in [-0.25, -0.2) is 0 Å². The molecule has 0 saturated carbocycles. The van der Waals surface area contributed by atoms with Gasteiger partial charge in [-0.3, -0.25) is 0 Å². The molecule has 0 aliphatic rings. The molecule has 2 rings (SSSR count). The molecule has 0 aromatic heterocycles. The van der Waals surface area contributed by atoms with Crippen molar-refractivity contribution in [2.45, 2.75) is 90.7 Å². The number of halogens is 3. The van der Waals surface area contributed by atoms with Crippen molar-refractivity contribution in [1.82, 2.24) is 0 Å². The number of rotatable bonds is 10. The lowest BCUT2D eigenvalue weighted by molar-refractivity contribution is -0.0500. The molecule has 0 amide bonds. The van der Waals surface area contributed by atoms with Gasteiger partial charge in [0.15, 0.2) is 0 Å². The lowest BCUT2D eigenvalue weighted by Gasteiger charge is -2.34. The Hall–Kier alpha value is -2.32. The van der Waals surface area contributed by atoms with E-state index in [1.807, 2.05) is 45.1 Å². The monoisotopic (exact) mass is 526 g/mol. The SMILES string of the molecule is CCC(O)(C=Cc1ccc(C(CC)(CC)c2cc(C)c(OS(=O)(=O)C(F)(F)F)c(C)c2)cc1C)CC. The van der Waals surface area contributed by atoms with E-state index in [0.29, 0.717) is 24.0 Å². The fraction of sp³-hybridized carbons (Fsp3) is 0.500. The summed E-state index contributed by atoms with van der Waals surface area (Å²) in [6, 6.07) is 9.59. The third-order valence-corrected chi connectivity index (χ3v) is 8.27. The standard InChI is InChI=1S/C28H37F3O4S/c1-8-26(32,9-2)15-14-22-12-13-23(16-19(22)5)27(10-3,11-4)24-17-20(6)25(21(7)18-24)35-36(33,34)28(29,30)31/h12-18,32H,8-11H2,1-7H3. The highest BCUT2D eigenvalue weighted by molar-refractivity contribution is 7.88. The molecule has 1 N–H and O–H groups in total. The summed E-state index contributed by atoms with van der Waals surface area (Å²) in [5.41, 5.74) is -2.18. The second kappa shape index (κ2) is 11.0. The third kappa shape index (κ3) is 5.97. The van der Waals surface area contributed by atoms with Crippen LogP contribution < -0.4 is 4.18 Å². The number of benzene rings is 2. The molecule has 0 unspecified atom stereocenters. The highest BCUT2D eigenvalue weighted by Gasteiger charge is 2.49. The van der Waals surface area contributed by atoms with E-state index in [2.05, 4.69) is 24.1 Å². The van der Waals surface area contributed by atoms with Crippen LogP contribution >= 0.6 is 0 Å². The maximum atomic E-state index is 12.9. The van der Waals surface area contributed by atoms with Gasteiger partial charge in [0, 0.05) is 5.41 Å². The predicted molar refractivity (Wildman–Crippen MR) is 139 cm³/mol. The van der Waals surface area contributed by atoms with Crippen LogP contribution in [0.3, 0.4) is 0 Å². The molecule has 0 aliphatic carbocycles. The Balaban J connectivity index is 2.56. The van der Waals surface area contributed by atoms with Crippen LogP contribution in [0.1, 0.15) is 86.8 Å². The van der Waals surface area contributed by atoms with Gasteiger partial charge in [0.05, 0.1) is 5.60 Å². The van der Waals surface area contributed by atoms with Gasteiger partial charge in [-0.15, -0.1) is 0 Å². The average molecular weight is 527 g/mol. The van der Waals surface area contributed by atoms with E-state index in [1.54, 1.807) is 26.0 Å². The van der Waals surface area contributed by atoms with Crippen molar-refractivity contribution >= 4 is 16.2 Å². The molecule has 0 radical (unpaired) electrons. The molecule has 200 valence electrons. The van der Waals surface area contributed by atoms with Crippen LogP contribution in [0.4, 0.5) is 13.2 Å². The topological polar surface area (TPSA) is 63.6 Å². The molecule has 0 heterocycles. The number of hydrogen-bond donors (Lipinski definition) is 1. The largest absolute Gasteiger partial charge is 0.534 e. The maximum Gasteiger partial charge on any atom is 0.534 e. The van der Waals surface area contributed by atoms with E-state index in [0.717, 1.165) is 35.1 Å². The predicted octanol–water partition coefficient (Wildman–Crippen LogP) is 7.51. The molecular weight excluding hydrogens is 489 g/mol. The molecule has 0 aliphatic heterocycles.